The van der Waals surface area contributed by atoms with Gasteiger partial charge in [0.25, 0.3) is 0 Å². The summed E-state index contributed by atoms with van der Waals surface area (Å²) in [4.78, 5) is 0. The van der Waals surface area contributed by atoms with Gasteiger partial charge in [0.1, 0.15) is 0 Å². The Kier molecular flexibility index (Phi) is 8.58. The fraction of sp³-hybridized carbons (Fsp3) is 0. The van der Waals surface area contributed by atoms with Crippen LogP contribution in [0.4, 0.5) is 0 Å². The van der Waals surface area contributed by atoms with E-state index in [9.17, 15) is 0 Å². The molecule has 0 aliphatic rings. The van der Waals surface area contributed by atoms with Gasteiger partial charge in [-0.15, -0.1) is 5.54 Å². The molecule has 0 radical (unpaired) electrons. The molecule has 0 saturated heterocycles. The zero-order chi connectivity index (χ0) is 35.5. The van der Waals surface area contributed by atoms with Gasteiger partial charge in [0.05, 0.1) is 0 Å². The largest absolute Gasteiger partial charge is 0.230 e. The van der Waals surface area contributed by atoms with E-state index in [1.807, 2.05) is 0 Å². The lowest BCUT2D eigenvalue weighted by Gasteiger charge is -2.28. The molecule has 9 aromatic carbocycles. The van der Waals surface area contributed by atoms with Gasteiger partial charge >= 0.3 is 0 Å². The lowest BCUT2D eigenvalue weighted by Crippen LogP contribution is -2.66. The molecule has 0 heterocycles. The highest BCUT2D eigenvalue weighted by atomic mass is 28.3. The van der Waals surface area contributed by atoms with Gasteiger partial charge in [0.15, 0.2) is 0 Å². The maximum absolute atomic E-state index is 4.12. The monoisotopic (exact) mass is 688 g/mol. The van der Waals surface area contributed by atoms with Crippen molar-refractivity contribution in [3.8, 4) is 44.8 Å². The third-order valence-electron chi connectivity index (χ3n) is 10.4. The summed E-state index contributed by atoms with van der Waals surface area (Å²) in [5, 5.41) is 8.55. The molecule has 0 fully saturated rings. The number of rotatable bonds is 6. The fourth-order valence-corrected chi connectivity index (χ4v) is 11.7. The van der Waals surface area contributed by atoms with E-state index < -0.39 is 8.07 Å². The molecule has 0 unspecified atom stereocenters. The first-order chi connectivity index (χ1) is 26.3. The quantitative estimate of drug-likeness (QED) is 0.0706. The highest BCUT2D eigenvalue weighted by molar-refractivity contribution is 7.16. The summed E-state index contributed by atoms with van der Waals surface area (Å²) < 4.78 is 0. The van der Waals surface area contributed by atoms with Gasteiger partial charge in [0, 0.05) is 5.56 Å². The van der Waals surface area contributed by atoms with Gasteiger partial charge in [-0.2, -0.15) is 0 Å². The van der Waals surface area contributed by atoms with E-state index in [0.717, 1.165) is 16.3 Å². The minimum atomic E-state index is -2.85. The van der Waals surface area contributed by atoms with Crippen molar-refractivity contribution in [1.82, 2.24) is 0 Å². The van der Waals surface area contributed by atoms with E-state index >= 15 is 0 Å². The Morgan fingerprint density at radius 1 is 0.283 bits per heavy atom. The molecule has 0 spiro atoms. The van der Waals surface area contributed by atoms with Gasteiger partial charge < -0.3 is 0 Å². The second kappa shape index (κ2) is 14.1. The second-order valence-corrected chi connectivity index (χ2v) is 16.9. The van der Waals surface area contributed by atoms with E-state index in [-0.39, 0.29) is 0 Å². The van der Waals surface area contributed by atoms with Crippen LogP contribution in [0.25, 0.3) is 54.9 Å². The lowest BCUT2D eigenvalue weighted by atomic mass is 9.86. The number of hydrogen-bond donors (Lipinski definition) is 0. The van der Waals surface area contributed by atoms with E-state index in [2.05, 4.69) is 230 Å². The SMILES string of the molecule is C(#C[Si](c1ccccc1)(c1ccccc1)c1ccccc1)c1c2ccc(-c3ccccc3)cc2c(-c2ccccc2)c2cc(-c3ccccc3)ccc12. The maximum Gasteiger partial charge on any atom is 0.230 e. The molecule has 0 aliphatic heterocycles. The summed E-state index contributed by atoms with van der Waals surface area (Å²) in [6.07, 6.45) is 0. The van der Waals surface area contributed by atoms with Crippen LogP contribution in [0.15, 0.2) is 218 Å². The summed E-state index contributed by atoms with van der Waals surface area (Å²) in [5.41, 5.74) is 12.4. The molecular formula is C52H36Si. The van der Waals surface area contributed by atoms with Crippen LogP contribution < -0.4 is 15.6 Å². The standard InChI is InChI=1S/C52H36Si/c1-7-19-39(20-8-1)42-31-33-47-49(35-36-53(44-25-13-4-14-26-44,45-27-15-5-16-28-45)46-29-17-6-18-30-46)48-34-32-43(40-21-9-2-10-22-40)38-51(48)52(50(47)37-42)41-23-11-3-12-24-41/h1-34,37-38H. The van der Waals surface area contributed by atoms with E-state index in [1.165, 1.54) is 59.7 Å². The number of fused-ring (bicyclic) bond motifs is 2. The van der Waals surface area contributed by atoms with Crippen molar-refractivity contribution < 1.29 is 0 Å². The molecule has 0 atom stereocenters. The Labute approximate surface area is 312 Å². The molecule has 0 bridgehead atoms. The predicted molar refractivity (Wildman–Crippen MR) is 229 cm³/mol. The molecule has 0 amide bonds. The Hall–Kier alpha value is -6.72. The summed E-state index contributed by atoms with van der Waals surface area (Å²) in [6, 6.07) is 79.0. The molecule has 0 aromatic heterocycles. The van der Waals surface area contributed by atoms with Crippen molar-refractivity contribution in [3.63, 3.8) is 0 Å². The maximum atomic E-state index is 4.12. The minimum Gasteiger partial charge on any atom is -0.109 e. The minimum absolute atomic E-state index is 1.06. The van der Waals surface area contributed by atoms with Crippen molar-refractivity contribution in [1.29, 1.82) is 0 Å². The molecule has 0 saturated carbocycles. The molecule has 0 nitrogen and oxygen atoms in total. The van der Waals surface area contributed by atoms with Gasteiger partial charge in [-0.05, 0) is 82.6 Å². The first-order valence-electron chi connectivity index (χ1n) is 18.2. The lowest BCUT2D eigenvalue weighted by molar-refractivity contribution is 1.62. The zero-order valence-corrected chi connectivity index (χ0v) is 30.3. The van der Waals surface area contributed by atoms with Crippen LogP contribution in [-0.2, 0) is 0 Å². The van der Waals surface area contributed by atoms with E-state index in [4.69, 9.17) is 0 Å². The van der Waals surface area contributed by atoms with Crippen molar-refractivity contribution in [2.24, 2.45) is 0 Å². The summed E-state index contributed by atoms with van der Waals surface area (Å²) in [5.74, 6) is 3.98. The van der Waals surface area contributed by atoms with Crippen molar-refractivity contribution >= 4 is 45.2 Å². The molecule has 0 aliphatic carbocycles. The molecule has 0 N–H and O–H groups in total. The van der Waals surface area contributed by atoms with Crippen LogP contribution in [0.1, 0.15) is 5.56 Å². The molecule has 53 heavy (non-hydrogen) atoms. The van der Waals surface area contributed by atoms with E-state index in [0.29, 0.717) is 0 Å². The number of benzene rings is 9. The Balaban J connectivity index is 1.42. The normalized spacial score (nSPS) is 11.2. The van der Waals surface area contributed by atoms with Crippen molar-refractivity contribution in [2.45, 2.75) is 0 Å². The van der Waals surface area contributed by atoms with Gasteiger partial charge in [-0.3, -0.25) is 0 Å². The first kappa shape index (κ1) is 32.2. The molecular weight excluding hydrogens is 653 g/mol. The molecule has 9 aromatic rings. The third-order valence-corrected chi connectivity index (χ3v) is 14.5. The average Bonchev–Trinajstić information content (AvgIpc) is 3.25. The average molecular weight is 689 g/mol. The Morgan fingerprint density at radius 2 is 0.623 bits per heavy atom. The topological polar surface area (TPSA) is 0 Å². The molecule has 248 valence electrons. The van der Waals surface area contributed by atoms with Crippen molar-refractivity contribution in [3.05, 3.63) is 224 Å². The molecule has 1 heteroatoms. The smallest absolute Gasteiger partial charge is 0.109 e. The summed E-state index contributed by atoms with van der Waals surface area (Å²) >= 11 is 0. The van der Waals surface area contributed by atoms with E-state index in [1.54, 1.807) is 0 Å². The highest BCUT2D eigenvalue weighted by Gasteiger charge is 2.38. The van der Waals surface area contributed by atoms with Gasteiger partial charge in [-0.1, -0.05) is 212 Å². The van der Waals surface area contributed by atoms with Crippen LogP contribution in [0.2, 0.25) is 0 Å². The van der Waals surface area contributed by atoms with Gasteiger partial charge in [-0.25, -0.2) is 0 Å². The van der Waals surface area contributed by atoms with Crippen LogP contribution >= 0.6 is 0 Å². The number of hydrogen-bond acceptors (Lipinski definition) is 0. The third kappa shape index (κ3) is 5.96. The first-order valence-corrected chi connectivity index (χ1v) is 20.2. The summed E-state index contributed by atoms with van der Waals surface area (Å²) in [6.45, 7) is 0. The van der Waals surface area contributed by atoms with Gasteiger partial charge in [0.2, 0.25) is 8.07 Å². The van der Waals surface area contributed by atoms with Crippen LogP contribution in [0, 0.1) is 11.5 Å². The Bertz CT molecular complexity index is 2530. The highest BCUT2D eigenvalue weighted by Crippen LogP contribution is 2.42. The van der Waals surface area contributed by atoms with Crippen LogP contribution in [0.5, 0.6) is 0 Å². The summed E-state index contributed by atoms with van der Waals surface area (Å²) in [7, 11) is -2.85. The van der Waals surface area contributed by atoms with Crippen LogP contribution in [-0.4, -0.2) is 8.07 Å². The Morgan fingerprint density at radius 3 is 1.00 bits per heavy atom. The molecule has 9 rings (SSSR count). The fourth-order valence-electron chi connectivity index (χ4n) is 7.84. The van der Waals surface area contributed by atoms with Crippen molar-refractivity contribution in [2.75, 3.05) is 0 Å². The second-order valence-electron chi connectivity index (χ2n) is 13.5. The predicted octanol–water partition coefficient (Wildman–Crippen LogP) is 11.1. The van der Waals surface area contributed by atoms with Crippen LogP contribution in [0.3, 0.4) is 0 Å². The zero-order valence-electron chi connectivity index (χ0n) is 29.3.